The first kappa shape index (κ1) is 7.58. The molecule has 1 fully saturated rings. The summed E-state index contributed by atoms with van der Waals surface area (Å²) in [5.41, 5.74) is -0.114. The van der Waals surface area contributed by atoms with Crippen molar-refractivity contribution in [3.63, 3.8) is 0 Å². The SMILES string of the molecule is CNC(=O)C1CC2(CC=NO2)C1. The normalized spacial score (nSPS) is 37.6. The summed E-state index contributed by atoms with van der Waals surface area (Å²) in [5, 5.41) is 6.36. The van der Waals surface area contributed by atoms with Gasteiger partial charge in [0.25, 0.3) is 0 Å². The molecule has 4 heteroatoms. The Bertz CT molecular complexity index is 221. The monoisotopic (exact) mass is 168 g/mol. The van der Waals surface area contributed by atoms with E-state index in [9.17, 15) is 4.79 Å². The lowest BCUT2D eigenvalue weighted by molar-refractivity contribution is -0.146. The summed E-state index contributed by atoms with van der Waals surface area (Å²) in [6, 6.07) is 0. The molecule has 0 unspecified atom stereocenters. The predicted molar refractivity (Wildman–Crippen MR) is 43.7 cm³/mol. The minimum absolute atomic E-state index is 0.114. The third-order valence-corrected chi connectivity index (χ3v) is 2.64. The van der Waals surface area contributed by atoms with E-state index >= 15 is 0 Å². The Balaban J connectivity index is 1.87. The highest BCUT2D eigenvalue weighted by Gasteiger charge is 2.50. The van der Waals surface area contributed by atoms with Gasteiger partial charge in [-0.05, 0) is 0 Å². The highest BCUT2D eigenvalue weighted by Crippen LogP contribution is 2.45. The second-order valence-electron chi connectivity index (χ2n) is 3.49. The molecule has 0 aromatic rings. The van der Waals surface area contributed by atoms with Gasteiger partial charge in [0.05, 0.1) is 0 Å². The van der Waals surface area contributed by atoms with Crippen LogP contribution in [0.3, 0.4) is 0 Å². The first-order valence-electron chi connectivity index (χ1n) is 4.17. The van der Waals surface area contributed by atoms with Gasteiger partial charge in [0.2, 0.25) is 5.91 Å². The molecule has 1 saturated carbocycles. The lowest BCUT2D eigenvalue weighted by atomic mass is 9.69. The number of amides is 1. The van der Waals surface area contributed by atoms with Gasteiger partial charge < -0.3 is 10.2 Å². The van der Waals surface area contributed by atoms with Gasteiger partial charge in [-0.2, -0.15) is 0 Å². The minimum atomic E-state index is -0.114. The highest BCUT2D eigenvalue weighted by molar-refractivity contribution is 5.80. The van der Waals surface area contributed by atoms with E-state index in [1.165, 1.54) is 0 Å². The first-order valence-corrected chi connectivity index (χ1v) is 4.17. The second kappa shape index (κ2) is 2.47. The number of hydrogen-bond donors (Lipinski definition) is 1. The van der Waals surface area contributed by atoms with Gasteiger partial charge >= 0.3 is 0 Å². The minimum Gasteiger partial charge on any atom is -0.389 e. The van der Waals surface area contributed by atoms with E-state index in [0.29, 0.717) is 0 Å². The van der Waals surface area contributed by atoms with E-state index < -0.39 is 0 Å². The van der Waals surface area contributed by atoms with E-state index in [4.69, 9.17) is 4.84 Å². The molecule has 1 amide bonds. The maximum absolute atomic E-state index is 11.1. The van der Waals surface area contributed by atoms with Gasteiger partial charge in [-0.15, -0.1) is 0 Å². The van der Waals surface area contributed by atoms with Crippen LogP contribution in [-0.4, -0.2) is 24.8 Å². The van der Waals surface area contributed by atoms with Crippen molar-refractivity contribution in [2.75, 3.05) is 7.05 Å². The molecule has 0 bridgehead atoms. The van der Waals surface area contributed by atoms with Crippen molar-refractivity contribution in [3.8, 4) is 0 Å². The zero-order valence-corrected chi connectivity index (χ0v) is 7.04. The van der Waals surface area contributed by atoms with Crippen LogP contribution in [0.15, 0.2) is 5.16 Å². The van der Waals surface area contributed by atoms with Gasteiger partial charge in [-0.1, -0.05) is 5.16 Å². The molecule has 1 spiro atoms. The molecule has 0 aromatic heterocycles. The molecule has 1 aliphatic carbocycles. The van der Waals surface area contributed by atoms with Crippen LogP contribution in [0.4, 0.5) is 0 Å². The van der Waals surface area contributed by atoms with Crippen molar-refractivity contribution < 1.29 is 9.63 Å². The quantitative estimate of drug-likeness (QED) is 0.611. The van der Waals surface area contributed by atoms with E-state index in [1.54, 1.807) is 13.3 Å². The van der Waals surface area contributed by atoms with E-state index in [2.05, 4.69) is 10.5 Å². The fourth-order valence-electron chi connectivity index (χ4n) is 1.86. The van der Waals surface area contributed by atoms with Crippen molar-refractivity contribution in [2.45, 2.75) is 24.9 Å². The summed E-state index contributed by atoms with van der Waals surface area (Å²) in [4.78, 5) is 16.3. The summed E-state index contributed by atoms with van der Waals surface area (Å²) in [7, 11) is 1.67. The summed E-state index contributed by atoms with van der Waals surface area (Å²) in [6.07, 6.45) is 4.26. The molecule has 66 valence electrons. The number of hydrogen-bond acceptors (Lipinski definition) is 3. The van der Waals surface area contributed by atoms with Crippen LogP contribution in [0.5, 0.6) is 0 Å². The molecule has 1 heterocycles. The fourth-order valence-corrected chi connectivity index (χ4v) is 1.86. The van der Waals surface area contributed by atoms with Gasteiger partial charge in [0.15, 0.2) is 0 Å². The van der Waals surface area contributed by atoms with Gasteiger partial charge in [0.1, 0.15) is 5.60 Å². The standard InChI is InChI=1S/C8H12N2O2/c1-9-7(11)6-4-8(5-6)2-3-10-12-8/h3,6H,2,4-5H2,1H3,(H,9,11). The van der Waals surface area contributed by atoms with Crippen molar-refractivity contribution in [1.29, 1.82) is 0 Å². The average Bonchev–Trinajstić information content (AvgIpc) is 2.48. The maximum Gasteiger partial charge on any atom is 0.223 e. The molecule has 12 heavy (non-hydrogen) atoms. The summed E-state index contributed by atoms with van der Waals surface area (Å²) >= 11 is 0. The van der Waals surface area contributed by atoms with Crippen molar-refractivity contribution in [2.24, 2.45) is 11.1 Å². The van der Waals surface area contributed by atoms with Crippen LogP contribution < -0.4 is 5.32 Å². The Morgan fingerprint density at radius 1 is 1.75 bits per heavy atom. The predicted octanol–water partition coefficient (Wildman–Crippen LogP) is 0.287. The molecule has 0 aromatic carbocycles. The average molecular weight is 168 g/mol. The summed E-state index contributed by atoms with van der Waals surface area (Å²) in [6.45, 7) is 0. The Labute approximate surface area is 71.0 Å². The van der Waals surface area contributed by atoms with Crippen LogP contribution in [0, 0.1) is 5.92 Å². The van der Waals surface area contributed by atoms with Crippen LogP contribution in [0.25, 0.3) is 0 Å². The largest absolute Gasteiger partial charge is 0.389 e. The van der Waals surface area contributed by atoms with Crippen LogP contribution in [0.2, 0.25) is 0 Å². The fraction of sp³-hybridized carbons (Fsp3) is 0.750. The van der Waals surface area contributed by atoms with Crippen molar-refractivity contribution in [3.05, 3.63) is 0 Å². The zero-order valence-electron chi connectivity index (χ0n) is 7.04. The lowest BCUT2D eigenvalue weighted by Gasteiger charge is -2.40. The first-order chi connectivity index (χ1) is 5.76. The molecule has 0 atom stereocenters. The highest BCUT2D eigenvalue weighted by atomic mass is 16.7. The van der Waals surface area contributed by atoms with Crippen LogP contribution >= 0.6 is 0 Å². The summed E-state index contributed by atoms with van der Waals surface area (Å²) in [5.74, 6) is 0.257. The molecule has 1 N–H and O–H groups in total. The topological polar surface area (TPSA) is 50.7 Å². The number of oxime groups is 1. The number of rotatable bonds is 1. The smallest absolute Gasteiger partial charge is 0.223 e. The Kier molecular flexibility index (Phi) is 1.56. The number of carbonyl (C=O) groups excluding carboxylic acids is 1. The molecule has 0 radical (unpaired) electrons. The Morgan fingerprint density at radius 2 is 2.50 bits per heavy atom. The van der Waals surface area contributed by atoms with Gasteiger partial charge in [-0.25, -0.2) is 0 Å². The molecule has 4 nitrogen and oxygen atoms in total. The maximum atomic E-state index is 11.1. The van der Waals surface area contributed by atoms with Crippen molar-refractivity contribution in [1.82, 2.24) is 5.32 Å². The molecule has 2 rings (SSSR count). The number of carbonyl (C=O) groups is 1. The lowest BCUT2D eigenvalue weighted by Crippen LogP contribution is -2.49. The molecular formula is C8H12N2O2. The summed E-state index contributed by atoms with van der Waals surface area (Å²) < 4.78 is 0. The number of nitrogens with zero attached hydrogens (tertiary/aromatic N) is 1. The molecular weight excluding hydrogens is 156 g/mol. The van der Waals surface area contributed by atoms with Crippen LogP contribution in [0.1, 0.15) is 19.3 Å². The van der Waals surface area contributed by atoms with E-state index in [-0.39, 0.29) is 17.4 Å². The van der Waals surface area contributed by atoms with Crippen molar-refractivity contribution >= 4 is 12.1 Å². The third-order valence-electron chi connectivity index (χ3n) is 2.64. The Morgan fingerprint density at radius 3 is 3.00 bits per heavy atom. The van der Waals surface area contributed by atoms with Gasteiger partial charge in [0, 0.05) is 38.4 Å². The third kappa shape index (κ3) is 0.983. The van der Waals surface area contributed by atoms with Crippen LogP contribution in [-0.2, 0) is 9.63 Å². The van der Waals surface area contributed by atoms with Gasteiger partial charge in [-0.3, -0.25) is 4.79 Å². The molecule has 1 aliphatic heterocycles. The molecule has 2 aliphatic rings. The number of nitrogens with one attached hydrogen (secondary N) is 1. The second-order valence-corrected chi connectivity index (χ2v) is 3.49. The Hall–Kier alpha value is -1.06. The van der Waals surface area contributed by atoms with E-state index in [1.807, 2.05) is 0 Å². The van der Waals surface area contributed by atoms with E-state index in [0.717, 1.165) is 19.3 Å². The molecule has 0 saturated heterocycles. The zero-order chi connectivity index (χ0) is 8.60.